The molecule has 0 saturated carbocycles. The molecule has 2 rings (SSSR count). The van der Waals surface area contributed by atoms with Crippen molar-refractivity contribution in [1.29, 1.82) is 0 Å². The minimum atomic E-state index is -0.710. The average Bonchev–Trinajstić information content (AvgIpc) is 2.39. The summed E-state index contributed by atoms with van der Waals surface area (Å²) in [6, 6.07) is 5.97. The van der Waals surface area contributed by atoms with Gasteiger partial charge in [-0.3, -0.25) is 0 Å². The largest absolute Gasteiger partial charge is 0.451 e. The standard InChI is InChI=1S/C15H12Br2F2O/c1-8-3-11(4-9(2)14(8)17)20-15-12(18)5-10(7-16)6-13(15)19/h3-6H,7H2,1-2H3. The van der Waals surface area contributed by atoms with E-state index in [1.54, 1.807) is 12.1 Å². The van der Waals surface area contributed by atoms with E-state index in [4.69, 9.17) is 4.74 Å². The second kappa shape index (κ2) is 6.22. The van der Waals surface area contributed by atoms with Crippen LogP contribution in [0.2, 0.25) is 0 Å². The van der Waals surface area contributed by atoms with Crippen molar-refractivity contribution in [3.8, 4) is 11.5 Å². The Bertz CT molecular complexity index is 610. The quantitative estimate of drug-likeness (QED) is 0.566. The lowest BCUT2D eigenvalue weighted by molar-refractivity contribution is 0.406. The molecule has 1 nitrogen and oxygen atoms in total. The van der Waals surface area contributed by atoms with E-state index in [0.29, 0.717) is 16.6 Å². The van der Waals surface area contributed by atoms with Crippen LogP contribution in [0.3, 0.4) is 0 Å². The van der Waals surface area contributed by atoms with Crippen molar-refractivity contribution >= 4 is 31.9 Å². The Kier molecular flexibility index (Phi) is 4.81. The SMILES string of the molecule is Cc1cc(Oc2c(F)cc(CBr)cc2F)cc(C)c1Br. The Morgan fingerprint density at radius 1 is 1.00 bits per heavy atom. The second-order valence-electron chi connectivity index (χ2n) is 4.50. The van der Waals surface area contributed by atoms with E-state index in [2.05, 4.69) is 31.9 Å². The molecule has 0 unspecified atom stereocenters. The molecule has 0 heterocycles. The zero-order valence-corrected chi connectivity index (χ0v) is 14.1. The van der Waals surface area contributed by atoms with Crippen molar-refractivity contribution in [2.45, 2.75) is 19.2 Å². The molecule has 5 heteroatoms. The van der Waals surface area contributed by atoms with E-state index in [0.717, 1.165) is 15.6 Å². The number of alkyl halides is 1. The van der Waals surface area contributed by atoms with Crippen LogP contribution < -0.4 is 4.74 Å². The first-order valence-corrected chi connectivity index (χ1v) is 7.82. The van der Waals surface area contributed by atoms with Crippen LogP contribution in [0.15, 0.2) is 28.7 Å². The van der Waals surface area contributed by atoms with Gasteiger partial charge in [-0.15, -0.1) is 0 Å². The molecular weight excluding hydrogens is 394 g/mol. The fraction of sp³-hybridized carbons (Fsp3) is 0.200. The van der Waals surface area contributed by atoms with Crippen LogP contribution in [0.5, 0.6) is 11.5 Å². The number of halogens is 4. The lowest BCUT2D eigenvalue weighted by Crippen LogP contribution is -1.96. The minimum Gasteiger partial charge on any atom is -0.451 e. The highest BCUT2D eigenvalue weighted by Gasteiger charge is 2.14. The molecular formula is C15H12Br2F2O. The van der Waals surface area contributed by atoms with Crippen LogP contribution in [0, 0.1) is 25.5 Å². The van der Waals surface area contributed by atoms with Gasteiger partial charge >= 0.3 is 0 Å². The van der Waals surface area contributed by atoms with Crippen molar-refractivity contribution in [1.82, 2.24) is 0 Å². The molecule has 0 aliphatic heterocycles. The molecule has 0 N–H and O–H groups in total. The van der Waals surface area contributed by atoms with Crippen molar-refractivity contribution in [3.63, 3.8) is 0 Å². The molecule has 0 spiro atoms. The summed E-state index contributed by atoms with van der Waals surface area (Å²) in [6.45, 7) is 3.79. The Labute approximate surface area is 133 Å². The van der Waals surface area contributed by atoms with Crippen molar-refractivity contribution in [2.24, 2.45) is 0 Å². The first-order valence-electron chi connectivity index (χ1n) is 5.91. The van der Waals surface area contributed by atoms with Gasteiger partial charge in [0.15, 0.2) is 17.4 Å². The predicted molar refractivity (Wildman–Crippen MR) is 82.7 cm³/mol. The summed E-state index contributed by atoms with van der Waals surface area (Å²) < 4.78 is 34.1. The monoisotopic (exact) mass is 404 g/mol. The first kappa shape index (κ1) is 15.4. The van der Waals surface area contributed by atoms with Gasteiger partial charge in [-0.1, -0.05) is 31.9 Å². The average molecular weight is 406 g/mol. The zero-order valence-electron chi connectivity index (χ0n) is 10.9. The Balaban J connectivity index is 2.40. The molecule has 20 heavy (non-hydrogen) atoms. The van der Waals surface area contributed by atoms with Gasteiger partial charge in [0.05, 0.1) is 0 Å². The molecule has 0 bridgehead atoms. The highest BCUT2D eigenvalue weighted by atomic mass is 79.9. The number of aryl methyl sites for hydroxylation is 2. The highest BCUT2D eigenvalue weighted by molar-refractivity contribution is 9.10. The smallest absolute Gasteiger partial charge is 0.198 e. The summed E-state index contributed by atoms with van der Waals surface area (Å²) in [4.78, 5) is 0. The molecule has 0 fully saturated rings. The number of hydrogen-bond donors (Lipinski definition) is 0. The molecule has 2 aromatic carbocycles. The highest BCUT2D eigenvalue weighted by Crippen LogP contribution is 2.32. The molecule has 2 aromatic rings. The van der Waals surface area contributed by atoms with E-state index in [1.807, 2.05) is 13.8 Å². The Hall–Kier alpha value is -0.940. The van der Waals surface area contributed by atoms with Gasteiger partial charge in [0, 0.05) is 9.80 Å². The number of hydrogen-bond acceptors (Lipinski definition) is 1. The summed E-state index contributed by atoms with van der Waals surface area (Å²) in [6.07, 6.45) is 0. The van der Waals surface area contributed by atoms with E-state index >= 15 is 0 Å². The predicted octanol–water partition coefficient (Wildman–Crippen LogP) is 6.03. The van der Waals surface area contributed by atoms with Crippen molar-refractivity contribution in [2.75, 3.05) is 0 Å². The summed E-state index contributed by atoms with van der Waals surface area (Å²) in [5.41, 5.74) is 2.41. The minimum absolute atomic E-state index is 0.379. The lowest BCUT2D eigenvalue weighted by atomic mass is 10.1. The van der Waals surface area contributed by atoms with Crippen molar-refractivity contribution in [3.05, 3.63) is 57.1 Å². The fourth-order valence-electron chi connectivity index (χ4n) is 1.87. The Morgan fingerprint density at radius 3 is 1.95 bits per heavy atom. The maximum Gasteiger partial charge on any atom is 0.198 e. The fourth-order valence-corrected chi connectivity index (χ4v) is 2.42. The molecule has 0 aliphatic rings. The molecule has 106 valence electrons. The Morgan fingerprint density at radius 2 is 1.50 bits per heavy atom. The van der Waals surface area contributed by atoms with Crippen LogP contribution in [-0.4, -0.2) is 0 Å². The van der Waals surface area contributed by atoms with Gasteiger partial charge in [-0.25, -0.2) is 8.78 Å². The molecule has 0 saturated heterocycles. The van der Waals surface area contributed by atoms with Crippen LogP contribution in [0.4, 0.5) is 8.78 Å². The summed E-state index contributed by atoms with van der Waals surface area (Å²) in [5.74, 6) is -1.39. The topological polar surface area (TPSA) is 9.23 Å². The molecule has 0 radical (unpaired) electrons. The van der Waals surface area contributed by atoms with Crippen LogP contribution in [0.1, 0.15) is 16.7 Å². The van der Waals surface area contributed by atoms with Gasteiger partial charge < -0.3 is 4.74 Å². The second-order valence-corrected chi connectivity index (χ2v) is 5.85. The van der Waals surface area contributed by atoms with Crippen LogP contribution >= 0.6 is 31.9 Å². The number of ether oxygens (including phenoxy) is 1. The molecule has 0 atom stereocenters. The lowest BCUT2D eigenvalue weighted by Gasteiger charge is -2.12. The van der Waals surface area contributed by atoms with Gasteiger partial charge in [-0.2, -0.15) is 0 Å². The zero-order chi connectivity index (χ0) is 14.9. The van der Waals surface area contributed by atoms with Gasteiger partial charge in [-0.05, 0) is 54.8 Å². The number of rotatable bonds is 3. The number of benzene rings is 2. The molecule has 0 aromatic heterocycles. The maximum absolute atomic E-state index is 13.9. The maximum atomic E-state index is 13.9. The molecule has 0 aliphatic carbocycles. The van der Waals surface area contributed by atoms with Gasteiger partial charge in [0.2, 0.25) is 0 Å². The molecule has 0 amide bonds. The van der Waals surface area contributed by atoms with Crippen molar-refractivity contribution < 1.29 is 13.5 Å². The van der Waals surface area contributed by atoms with Crippen LogP contribution in [-0.2, 0) is 5.33 Å². The summed E-state index contributed by atoms with van der Waals surface area (Å²) in [5, 5.41) is 0.387. The van der Waals surface area contributed by atoms with Gasteiger partial charge in [0.1, 0.15) is 5.75 Å². The summed E-state index contributed by atoms with van der Waals surface area (Å²) >= 11 is 6.60. The van der Waals surface area contributed by atoms with Gasteiger partial charge in [0.25, 0.3) is 0 Å². The van der Waals surface area contributed by atoms with E-state index in [-0.39, 0.29) is 5.75 Å². The third-order valence-corrected chi connectivity index (χ3v) is 4.74. The first-order chi connectivity index (χ1) is 9.42. The van der Waals surface area contributed by atoms with E-state index in [1.165, 1.54) is 12.1 Å². The van der Waals surface area contributed by atoms with E-state index < -0.39 is 11.6 Å². The normalized spacial score (nSPS) is 10.7. The third kappa shape index (κ3) is 3.20. The van der Waals surface area contributed by atoms with Crippen LogP contribution in [0.25, 0.3) is 0 Å². The van der Waals surface area contributed by atoms with E-state index in [9.17, 15) is 8.78 Å². The summed E-state index contributed by atoms with van der Waals surface area (Å²) in [7, 11) is 0. The third-order valence-electron chi connectivity index (χ3n) is 2.84.